The molecule has 2 bridgehead atoms. The summed E-state index contributed by atoms with van der Waals surface area (Å²) in [6.07, 6.45) is 1.14. The van der Waals surface area contributed by atoms with Crippen LogP contribution in [0, 0.1) is 16.2 Å². The van der Waals surface area contributed by atoms with Crippen LogP contribution in [0.4, 0.5) is 5.69 Å². The van der Waals surface area contributed by atoms with Gasteiger partial charge in [-0.25, -0.2) is 0 Å². The van der Waals surface area contributed by atoms with E-state index in [0.29, 0.717) is 19.4 Å². The van der Waals surface area contributed by atoms with Gasteiger partial charge in [0.25, 0.3) is 0 Å². The first-order chi connectivity index (χ1) is 13.3. The number of carbonyl (C=O) groups is 2. The second-order valence-electron chi connectivity index (χ2n) is 8.69. The summed E-state index contributed by atoms with van der Waals surface area (Å²) < 4.78 is 0. The van der Waals surface area contributed by atoms with Gasteiger partial charge < -0.3 is 10.1 Å². The Labute approximate surface area is 165 Å². The number of Topliss-reactive ketones (excluding diaryl/α,β-unsaturated/α-hetero) is 1. The maximum atomic E-state index is 14.0. The smallest absolute Gasteiger partial charge is 0.241 e. The number of hydrogen-bond donors (Lipinski definition) is 1. The zero-order valence-corrected chi connectivity index (χ0v) is 16.8. The third kappa shape index (κ3) is 1.94. The second kappa shape index (κ2) is 5.90. The van der Waals surface area contributed by atoms with Crippen LogP contribution in [0.1, 0.15) is 40.5 Å². The Kier molecular flexibility index (Phi) is 3.93. The van der Waals surface area contributed by atoms with Crippen LogP contribution in [0.3, 0.4) is 0 Å². The van der Waals surface area contributed by atoms with E-state index in [1.54, 1.807) is 4.90 Å². The van der Waals surface area contributed by atoms with Gasteiger partial charge in [0.15, 0.2) is 5.78 Å². The lowest BCUT2D eigenvalue weighted by molar-refractivity contribution is -0.141. The van der Waals surface area contributed by atoms with Crippen molar-refractivity contribution < 1.29 is 14.8 Å². The van der Waals surface area contributed by atoms with Gasteiger partial charge in [-0.1, -0.05) is 62.3 Å². The molecule has 2 unspecified atom stereocenters. The summed E-state index contributed by atoms with van der Waals surface area (Å²) in [6, 6.07) is 13.8. The van der Waals surface area contributed by atoms with E-state index in [2.05, 4.69) is 5.16 Å². The monoisotopic (exact) mass is 378 g/mol. The van der Waals surface area contributed by atoms with E-state index in [1.165, 1.54) is 0 Å². The fourth-order valence-electron chi connectivity index (χ4n) is 5.52. The molecule has 1 amide bonds. The molecule has 0 radical (unpaired) electrons. The minimum atomic E-state index is -1.20. The van der Waals surface area contributed by atoms with Crippen LogP contribution in [-0.2, 0) is 9.59 Å². The highest BCUT2D eigenvalue weighted by molar-refractivity contribution is 6.51. The van der Waals surface area contributed by atoms with Crippen molar-refractivity contribution in [3.63, 3.8) is 0 Å². The number of rotatable bonds is 3. The van der Waals surface area contributed by atoms with Gasteiger partial charge in [-0.2, -0.15) is 0 Å². The first kappa shape index (κ1) is 18.7. The maximum Gasteiger partial charge on any atom is 0.241 e. The Morgan fingerprint density at radius 1 is 1.11 bits per heavy atom. The molecule has 4 rings (SSSR count). The van der Waals surface area contributed by atoms with Gasteiger partial charge >= 0.3 is 0 Å². The van der Waals surface area contributed by atoms with Crippen molar-refractivity contribution in [1.29, 1.82) is 0 Å². The summed E-state index contributed by atoms with van der Waals surface area (Å²) in [5, 5.41) is 14.9. The maximum absolute atomic E-state index is 14.0. The van der Waals surface area contributed by atoms with Crippen molar-refractivity contribution in [2.24, 2.45) is 21.4 Å². The average molecular weight is 378 g/mol. The highest BCUT2D eigenvalue weighted by atomic mass is 16.4. The number of amides is 1. The molecule has 0 aromatic heterocycles. The van der Waals surface area contributed by atoms with E-state index >= 15 is 0 Å². The number of carbonyl (C=O) groups excluding carboxylic acids is 2. The Morgan fingerprint density at radius 2 is 1.79 bits per heavy atom. The van der Waals surface area contributed by atoms with Crippen LogP contribution in [0.15, 0.2) is 47.6 Å². The number of fused-ring (bicyclic) bond motifs is 3. The van der Waals surface area contributed by atoms with Crippen molar-refractivity contribution in [3.05, 3.63) is 42.5 Å². The van der Waals surface area contributed by atoms with E-state index < -0.39 is 16.2 Å². The molecular weight excluding hydrogens is 352 g/mol. The summed E-state index contributed by atoms with van der Waals surface area (Å²) in [6.45, 7) is 8.25. The number of benzene rings is 2. The van der Waals surface area contributed by atoms with Gasteiger partial charge in [0.2, 0.25) is 5.91 Å². The van der Waals surface area contributed by atoms with E-state index in [1.807, 2.05) is 70.2 Å². The predicted octanol–water partition coefficient (Wildman–Crippen LogP) is 4.42. The summed E-state index contributed by atoms with van der Waals surface area (Å²) in [7, 11) is 0. The zero-order chi connectivity index (χ0) is 20.3. The molecular formula is C23H26N2O3. The molecule has 0 saturated heterocycles. The molecule has 146 valence electrons. The van der Waals surface area contributed by atoms with Crippen molar-refractivity contribution in [1.82, 2.24) is 0 Å². The van der Waals surface area contributed by atoms with E-state index in [0.717, 1.165) is 16.5 Å². The molecule has 2 aromatic rings. The van der Waals surface area contributed by atoms with Gasteiger partial charge in [-0.15, -0.1) is 0 Å². The van der Waals surface area contributed by atoms with Crippen molar-refractivity contribution in [3.8, 4) is 0 Å². The highest BCUT2D eigenvalue weighted by Gasteiger charge is 2.77. The van der Waals surface area contributed by atoms with Crippen LogP contribution in [0.2, 0.25) is 0 Å². The molecule has 2 saturated carbocycles. The number of oxime groups is 1. The normalized spacial score (nSPS) is 29.6. The van der Waals surface area contributed by atoms with Crippen LogP contribution in [-0.4, -0.2) is 29.2 Å². The SMILES string of the molecule is CCN(C(=O)C12CCC(C)(C(=NO)C1=O)C2(C)C)c1cccc2ccccc12. The summed E-state index contributed by atoms with van der Waals surface area (Å²) in [5.41, 5.74) is -1.48. The number of hydrogen-bond acceptors (Lipinski definition) is 4. The summed E-state index contributed by atoms with van der Waals surface area (Å²) >= 11 is 0. The lowest BCUT2D eigenvalue weighted by Crippen LogP contribution is -2.52. The van der Waals surface area contributed by atoms with E-state index in [9.17, 15) is 14.8 Å². The molecule has 5 heteroatoms. The molecule has 2 aliphatic carbocycles. The lowest BCUT2D eigenvalue weighted by Gasteiger charge is -2.40. The number of anilines is 1. The van der Waals surface area contributed by atoms with E-state index in [-0.39, 0.29) is 17.4 Å². The van der Waals surface area contributed by atoms with Gasteiger partial charge in [0.05, 0.1) is 5.69 Å². The minimum absolute atomic E-state index is 0.145. The lowest BCUT2D eigenvalue weighted by atomic mass is 9.64. The van der Waals surface area contributed by atoms with Gasteiger partial charge in [0.1, 0.15) is 11.1 Å². The van der Waals surface area contributed by atoms with Crippen LogP contribution >= 0.6 is 0 Å². The zero-order valence-electron chi connectivity index (χ0n) is 16.8. The van der Waals surface area contributed by atoms with Crippen molar-refractivity contribution in [2.75, 3.05) is 11.4 Å². The standard InChI is InChI=1S/C23H26N2O3/c1-5-25(17-12-8-10-15-9-6-7-11-16(15)17)20(27)23-14-13-22(4,21(23,2)3)18(24-28)19(23)26/h6-12,28H,5,13-14H2,1-4H3. The first-order valence-corrected chi connectivity index (χ1v) is 9.83. The molecule has 2 aliphatic rings. The van der Waals surface area contributed by atoms with Gasteiger partial charge in [-0.05, 0) is 36.6 Å². The fraction of sp³-hybridized carbons (Fsp3) is 0.435. The van der Waals surface area contributed by atoms with Crippen LogP contribution in [0.5, 0.6) is 0 Å². The summed E-state index contributed by atoms with van der Waals surface area (Å²) in [4.78, 5) is 29.1. The second-order valence-corrected chi connectivity index (χ2v) is 8.69. The van der Waals surface area contributed by atoms with E-state index in [4.69, 9.17) is 0 Å². The Bertz CT molecular complexity index is 1020. The Morgan fingerprint density at radius 3 is 2.43 bits per heavy atom. The molecule has 0 heterocycles. The quantitative estimate of drug-likeness (QED) is 0.488. The van der Waals surface area contributed by atoms with Crippen molar-refractivity contribution in [2.45, 2.75) is 40.5 Å². The molecule has 1 N–H and O–H groups in total. The third-order valence-electron chi connectivity index (χ3n) is 7.66. The third-order valence-corrected chi connectivity index (χ3v) is 7.66. The predicted molar refractivity (Wildman–Crippen MR) is 110 cm³/mol. The topological polar surface area (TPSA) is 70.0 Å². The van der Waals surface area contributed by atoms with Crippen LogP contribution in [0.25, 0.3) is 10.8 Å². The molecule has 0 spiro atoms. The Hall–Kier alpha value is -2.69. The molecule has 2 atom stereocenters. The molecule has 5 nitrogen and oxygen atoms in total. The van der Waals surface area contributed by atoms with Gasteiger partial charge in [0, 0.05) is 17.3 Å². The number of nitrogens with zero attached hydrogens (tertiary/aromatic N) is 2. The highest BCUT2D eigenvalue weighted by Crippen LogP contribution is 2.69. The first-order valence-electron chi connectivity index (χ1n) is 9.83. The van der Waals surface area contributed by atoms with Gasteiger partial charge in [-0.3, -0.25) is 9.59 Å². The largest absolute Gasteiger partial charge is 0.411 e. The van der Waals surface area contributed by atoms with Crippen molar-refractivity contribution >= 4 is 33.9 Å². The molecule has 2 aromatic carbocycles. The molecule has 0 aliphatic heterocycles. The average Bonchev–Trinajstić information content (AvgIpc) is 2.97. The molecule has 2 fully saturated rings. The minimum Gasteiger partial charge on any atom is -0.411 e. The number of ketones is 1. The molecule has 28 heavy (non-hydrogen) atoms. The summed E-state index contributed by atoms with van der Waals surface area (Å²) in [5.74, 6) is -0.513. The Balaban J connectivity index is 1.89. The van der Waals surface area contributed by atoms with Crippen LogP contribution < -0.4 is 4.90 Å². The fourth-order valence-corrected chi connectivity index (χ4v) is 5.52.